The first kappa shape index (κ1) is 18.9. The molecule has 0 heterocycles. The van der Waals surface area contributed by atoms with Crippen molar-refractivity contribution in [3.05, 3.63) is 33.4 Å². The fourth-order valence-electron chi connectivity index (χ4n) is 2.23. The van der Waals surface area contributed by atoms with Crippen molar-refractivity contribution in [2.24, 2.45) is 5.92 Å². The van der Waals surface area contributed by atoms with Crippen molar-refractivity contribution in [1.82, 2.24) is 0 Å². The predicted molar refractivity (Wildman–Crippen MR) is 88.2 cm³/mol. The molecule has 0 saturated heterocycles. The predicted octanol–water partition coefficient (Wildman–Crippen LogP) is 4.32. The molecule has 1 unspecified atom stereocenters. The van der Waals surface area contributed by atoms with Gasteiger partial charge in [0, 0.05) is 24.4 Å². The Morgan fingerprint density at radius 2 is 1.26 bits per heavy atom. The number of benzene rings is 1. The van der Waals surface area contributed by atoms with Crippen molar-refractivity contribution < 1.29 is 4.79 Å². The minimum absolute atomic E-state index is 0. The second kappa shape index (κ2) is 7.63. The van der Waals surface area contributed by atoms with Crippen LogP contribution < -0.4 is 0 Å². The van der Waals surface area contributed by atoms with Crippen LogP contribution in [-0.2, 0) is 0 Å². The molecular weight excluding hydrogens is 246 g/mol. The van der Waals surface area contributed by atoms with Crippen LogP contribution in [0, 0.1) is 40.5 Å². The molecule has 1 aromatic carbocycles. The van der Waals surface area contributed by atoms with E-state index in [-0.39, 0.29) is 18.9 Å². The number of hydrogen-bond acceptors (Lipinski definition) is 1. The Bertz CT molecular complexity index is 449. The van der Waals surface area contributed by atoms with E-state index in [9.17, 15) is 4.79 Å². The average molecular weight is 271 g/mol. The van der Waals surface area contributed by atoms with Gasteiger partial charge < -0.3 is 0 Å². The smallest absolute Gasteiger partial charge is 0.181 e. The second-order valence-corrected chi connectivity index (χ2v) is 6.82. The van der Waals surface area contributed by atoms with Crippen LogP contribution in [0.25, 0.3) is 0 Å². The zero-order chi connectivity index (χ0) is 14.0. The summed E-state index contributed by atoms with van der Waals surface area (Å²) >= 11 is 0. The van der Waals surface area contributed by atoms with E-state index in [2.05, 4.69) is 48.5 Å². The van der Waals surface area contributed by atoms with E-state index in [0.29, 0.717) is 20.0 Å². The van der Waals surface area contributed by atoms with Gasteiger partial charge in [-0.05, 0) is 83.1 Å². The number of carbonyl (C=O) groups excluding carboxylic acids is 1. The van der Waals surface area contributed by atoms with Gasteiger partial charge in [-0.2, -0.15) is 0 Å². The number of hydrogen-bond donors (Lipinski definition) is 0. The van der Waals surface area contributed by atoms with Crippen molar-refractivity contribution in [2.75, 3.05) is 6.16 Å². The summed E-state index contributed by atoms with van der Waals surface area (Å²) in [6.45, 7) is 14.9. The van der Waals surface area contributed by atoms with Crippen molar-refractivity contribution >= 4 is 33.0 Å². The fourth-order valence-corrected chi connectivity index (χ4v) is 3.37. The van der Waals surface area contributed by atoms with Gasteiger partial charge in [0.15, 0.2) is 5.52 Å². The van der Waals surface area contributed by atoms with Crippen molar-refractivity contribution in [1.29, 1.82) is 0 Å². The molecule has 1 aromatic rings. The molecule has 0 spiro atoms. The summed E-state index contributed by atoms with van der Waals surface area (Å²) in [5, 5.41) is 0. The van der Waals surface area contributed by atoms with Gasteiger partial charge in [-0.25, -0.2) is 0 Å². The maximum absolute atomic E-state index is 12.4. The number of rotatable bonds is 4. The van der Waals surface area contributed by atoms with E-state index in [0.717, 1.165) is 11.7 Å². The molecule has 0 saturated carbocycles. The molecule has 0 aliphatic carbocycles. The Morgan fingerprint density at radius 1 is 0.895 bits per heavy atom. The average Bonchev–Trinajstić information content (AvgIpc) is 2.31. The van der Waals surface area contributed by atoms with E-state index in [1.165, 1.54) is 27.8 Å². The van der Waals surface area contributed by atoms with Crippen LogP contribution in [0.1, 0.15) is 52.0 Å². The summed E-state index contributed by atoms with van der Waals surface area (Å²) in [5.74, 6) is 0.598. The van der Waals surface area contributed by atoms with Crippen molar-refractivity contribution in [3.63, 3.8) is 0 Å². The zero-order valence-electron chi connectivity index (χ0n) is 13.7. The Hall–Kier alpha value is -0.0826. The van der Waals surface area contributed by atoms with Crippen molar-refractivity contribution in [2.45, 2.75) is 48.5 Å². The summed E-state index contributed by atoms with van der Waals surface area (Å²) in [4.78, 5) is 12.4. The van der Waals surface area contributed by atoms with Gasteiger partial charge >= 0.3 is 0 Å². The standard InChI is InChI=1S/C16H25OP.Li/c1-9(2)8-18-16(17)15-13(6)11(4)10(3)12(5)14(15)7;/h9,18H,8H2,1-7H3;. The Kier molecular flexibility index (Phi) is 7.60. The zero-order valence-corrected chi connectivity index (χ0v) is 14.7. The fraction of sp³-hybridized carbons (Fsp3) is 0.562. The summed E-state index contributed by atoms with van der Waals surface area (Å²) in [5.41, 5.74) is 7.55. The first-order valence-electron chi connectivity index (χ1n) is 6.62. The van der Waals surface area contributed by atoms with Gasteiger partial charge in [-0.1, -0.05) is 13.8 Å². The van der Waals surface area contributed by atoms with E-state index in [4.69, 9.17) is 0 Å². The molecule has 0 aliphatic heterocycles. The third-order valence-electron chi connectivity index (χ3n) is 3.90. The SMILES string of the molecule is Cc1c(C)c(C)c(C(=O)PCC(C)C)c(C)c1C.[Li]. The van der Waals surface area contributed by atoms with E-state index in [1.807, 2.05) is 0 Å². The van der Waals surface area contributed by atoms with Gasteiger partial charge in [0.05, 0.1) is 0 Å². The summed E-state index contributed by atoms with van der Waals surface area (Å²) in [6, 6.07) is 0. The molecule has 0 aliphatic rings. The Labute approximate surface area is 131 Å². The first-order chi connectivity index (χ1) is 8.27. The van der Waals surface area contributed by atoms with Crippen molar-refractivity contribution in [3.8, 4) is 0 Å². The van der Waals surface area contributed by atoms with Crippen LogP contribution in [0.2, 0.25) is 0 Å². The summed E-state index contributed by atoms with van der Waals surface area (Å²) in [6.07, 6.45) is 1.00. The summed E-state index contributed by atoms with van der Waals surface area (Å²) < 4.78 is 0. The minimum Gasteiger partial charge on any atom is -0.289 e. The topological polar surface area (TPSA) is 17.1 Å². The maximum atomic E-state index is 12.4. The molecule has 1 radical (unpaired) electrons. The third-order valence-corrected chi connectivity index (χ3v) is 5.49. The van der Waals surface area contributed by atoms with Crippen LogP contribution in [0.15, 0.2) is 0 Å². The molecule has 101 valence electrons. The van der Waals surface area contributed by atoms with E-state index < -0.39 is 0 Å². The third kappa shape index (κ3) is 4.19. The second-order valence-electron chi connectivity index (χ2n) is 5.60. The quantitative estimate of drug-likeness (QED) is 0.588. The molecule has 1 atom stereocenters. The molecule has 1 nitrogen and oxygen atoms in total. The Morgan fingerprint density at radius 3 is 1.63 bits per heavy atom. The minimum atomic E-state index is 0. The van der Waals surface area contributed by atoms with Crippen LogP contribution >= 0.6 is 8.58 Å². The largest absolute Gasteiger partial charge is 0.289 e. The number of carbonyl (C=O) groups is 1. The van der Waals surface area contributed by atoms with Crippen LogP contribution in [0.3, 0.4) is 0 Å². The van der Waals surface area contributed by atoms with Gasteiger partial charge in [0.25, 0.3) is 0 Å². The Balaban J connectivity index is 0.00000324. The maximum Gasteiger partial charge on any atom is 0.181 e. The molecule has 0 bridgehead atoms. The van der Waals surface area contributed by atoms with Gasteiger partial charge in [0.1, 0.15) is 0 Å². The van der Waals surface area contributed by atoms with Gasteiger partial charge in [-0.15, -0.1) is 0 Å². The molecule has 0 amide bonds. The van der Waals surface area contributed by atoms with Crippen LogP contribution in [-0.4, -0.2) is 30.5 Å². The van der Waals surface area contributed by atoms with Crippen LogP contribution in [0.4, 0.5) is 0 Å². The molecule has 3 heteroatoms. The van der Waals surface area contributed by atoms with Crippen LogP contribution in [0.5, 0.6) is 0 Å². The first-order valence-corrected chi connectivity index (χ1v) is 7.83. The molecule has 0 N–H and O–H groups in total. The normalized spacial score (nSPS) is 11.2. The van der Waals surface area contributed by atoms with E-state index >= 15 is 0 Å². The molecule has 0 aromatic heterocycles. The van der Waals surface area contributed by atoms with Gasteiger partial charge in [0.2, 0.25) is 0 Å². The monoisotopic (exact) mass is 271 g/mol. The summed E-state index contributed by atoms with van der Waals surface area (Å²) in [7, 11) is 0.407. The van der Waals surface area contributed by atoms with Gasteiger partial charge in [-0.3, -0.25) is 4.79 Å². The molecule has 1 rings (SSSR count). The van der Waals surface area contributed by atoms with E-state index in [1.54, 1.807) is 0 Å². The molecule has 19 heavy (non-hydrogen) atoms. The molecule has 0 fully saturated rings. The molecular formula is C16H25LiOP.